The fraction of sp³-hybridized carbons (Fsp3) is 0.160. The molecule has 0 atom stereocenters. The van der Waals surface area contributed by atoms with Crippen molar-refractivity contribution in [1.82, 2.24) is 20.5 Å². The van der Waals surface area contributed by atoms with Gasteiger partial charge >= 0.3 is 0 Å². The minimum atomic E-state index is -0.220. The van der Waals surface area contributed by atoms with E-state index < -0.39 is 0 Å². The number of carbonyl (C=O) groups is 1. The third-order valence-electron chi connectivity index (χ3n) is 5.48. The van der Waals surface area contributed by atoms with Crippen LogP contribution in [0.15, 0.2) is 54.9 Å². The zero-order chi connectivity index (χ0) is 21.9. The number of rotatable bonds is 6. The van der Waals surface area contributed by atoms with Crippen molar-refractivity contribution >= 4 is 29.0 Å². The lowest BCUT2D eigenvalue weighted by Gasteiger charge is -2.11. The molecule has 3 heterocycles. The Labute approximate surface area is 185 Å². The molecule has 1 aliphatic heterocycles. The molecule has 7 nitrogen and oxygen atoms in total. The normalized spacial score (nSPS) is 12.7. The van der Waals surface area contributed by atoms with E-state index in [4.69, 9.17) is 9.47 Å². The molecule has 0 bridgehead atoms. The minimum Gasteiger partial charge on any atom is -0.495 e. The number of aromatic nitrogens is 3. The first-order valence-electron chi connectivity index (χ1n) is 10.4. The van der Waals surface area contributed by atoms with Crippen LogP contribution in [0.5, 0.6) is 11.5 Å². The molecular weight excluding hydrogens is 404 g/mol. The predicted octanol–water partition coefficient (Wildman–Crippen LogP) is 4.00. The van der Waals surface area contributed by atoms with E-state index in [1.54, 1.807) is 25.6 Å². The van der Waals surface area contributed by atoms with Crippen LogP contribution in [0, 0.1) is 0 Å². The van der Waals surface area contributed by atoms with Gasteiger partial charge in [0.15, 0.2) is 0 Å². The Morgan fingerprint density at radius 3 is 3.03 bits per heavy atom. The summed E-state index contributed by atoms with van der Waals surface area (Å²) in [7, 11) is 1.56. The van der Waals surface area contributed by atoms with Gasteiger partial charge < -0.3 is 14.8 Å². The Bertz CT molecular complexity index is 1310. The SMILES string of the molecule is COc1c(C(=O)NCc2cccnc2)ccc2[nH]nc(/C=C/c3ccc4c(c3)CCO4)c12. The van der Waals surface area contributed by atoms with Crippen molar-refractivity contribution < 1.29 is 14.3 Å². The molecule has 1 aliphatic rings. The molecule has 0 fully saturated rings. The van der Waals surface area contributed by atoms with Crippen molar-refractivity contribution in [3.63, 3.8) is 0 Å². The molecule has 4 aromatic rings. The van der Waals surface area contributed by atoms with Gasteiger partial charge in [-0.15, -0.1) is 0 Å². The first-order chi connectivity index (χ1) is 15.7. The second-order valence-electron chi connectivity index (χ2n) is 7.52. The van der Waals surface area contributed by atoms with E-state index >= 15 is 0 Å². The van der Waals surface area contributed by atoms with Crippen LogP contribution in [0.3, 0.4) is 0 Å². The van der Waals surface area contributed by atoms with Crippen LogP contribution in [-0.4, -0.2) is 34.8 Å². The van der Waals surface area contributed by atoms with Crippen LogP contribution < -0.4 is 14.8 Å². The molecule has 0 unspecified atom stereocenters. The molecule has 7 heteroatoms. The number of H-pyrrole nitrogens is 1. The van der Waals surface area contributed by atoms with Crippen molar-refractivity contribution in [2.45, 2.75) is 13.0 Å². The number of amides is 1. The maximum absolute atomic E-state index is 12.9. The quantitative estimate of drug-likeness (QED) is 0.486. The summed E-state index contributed by atoms with van der Waals surface area (Å²) in [6, 6.07) is 13.5. The number of pyridine rings is 1. The molecule has 0 spiro atoms. The molecule has 0 saturated heterocycles. The number of nitrogens with one attached hydrogen (secondary N) is 2. The average Bonchev–Trinajstić information content (AvgIpc) is 3.47. The lowest BCUT2D eigenvalue weighted by molar-refractivity contribution is 0.0948. The van der Waals surface area contributed by atoms with Crippen LogP contribution in [0.2, 0.25) is 0 Å². The van der Waals surface area contributed by atoms with E-state index in [0.29, 0.717) is 23.6 Å². The second-order valence-corrected chi connectivity index (χ2v) is 7.52. The number of fused-ring (bicyclic) bond motifs is 2. The molecule has 5 rings (SSSR count). The molecule has 0 saturated carbocycles. The summed E-state index contributed by atoms with van der Waals surface area (Å²) in [5.41, 5.74) is 5.16. The Morgan fingerprint density at radius 1 is 1.25 bits per heavy atom. The average molecular weight is 426 g/mol. The standard InChI is InChI=1S/C25H22N4O3/c1-31-24-19(25(30)27-15-17-3-2-11-26-14-17)6-8-21-23(24)20(28-29-21)7-4-16-5-9-22-18(13-16)10-12-32-22/h2-9,11,13-14H,10,12,15H2,1H3,(H,27,30)(H,28,29)/b7-4+. The van der Waals surface area contributed by atoms with Gasteiger partial charge in [0, 0.05) is 25.4 Å². The zero-order valence-electron chi connectivity index (χ0n) is 17.6. The number of methoxy groups -OCH3 is 1. The summed E-state index contributed by atoms with van der Waals surface area (Å²) in [6.45, 7) is 1.11. The van der Waals surface area contributed by atoms with Crippen LogP contribution in [0.25, 0.3) is 23.1 Å². The van der Waals surface area contributed by atoms with Gasteiger partial charge in [-0.25, -0.2) is 0 Å². The molecule has 160 valence electrons. The number of hydrogen-bond donors (Lipinski definition) is 2. The summed E-state index contributed by atoms with van der Waals surface area (Å²) in [5.74, 6) is 1.22. The minimum absolute atomic E-state index is 0.220. The van der Waals surface area contributed by atoms with Crippen LogP contribution >= 0.6 is 0 Å². The first-order valence-corrected chi connectivity index (χ1v) is 10.4. The Morgan fingerprint density at radius 2 is 2.19 bits per heavy atom. The van der Waals surface area contributed by atoms with E-state index in [2.05, 4.69) is 26.6 Å². The lowest BCUT2D eigenvalue weighted by atomic mass is 10.1. The molecule has 32 heavy (non-hydrogen) atoms. The van der Waals surface area contributed by atoms with E-state index in [1.807, 2.05) is 42.5 Å². The molecular formula is C25H22N4O3. The van der Waals surface area contributed by atoms with Gasteiger partial charge in [0.25, 0.3) is 5.91 Å². The fourth-order valence-corrected chi connectivity index (χ4v) is 3.88. The van der Waals surface area contributed by atoms with Crippen molar-refractivity contribution in [3.05, 3.63) is 82.8 Å². The van der Waals surface area contributed by atoms with E-state index in [9.17, 15) is 4.79 Å². The highest BCUT2D eigenvalue weighted by Gasteiger charge is 2.19. The van der Waals surface area contributed by atoms with Crippen molar-refractivity contribution in [1.29, 1.82) is 0 Å². The largest absolute Gasteiger partial charge is 0.495 e. The Balaban J connectivity index is 1.44. The number of benzene rings is 2. The number of ether oxygens (including phenoxy) is 2. The summed E-state index contributed by atoms with van der Waals surface area (Å²) in [4.78, 5) is 17.0. The van der Waals surface area contributed by atoms with Crippen molar-refractivity contribution in [3.8, 4) is 11.5 Å². The van der Waals surface area contributed by atoms with Crippen LogP contribution in [0.4, 0.5) is 0 Å². The highest BCUT2D eigenvalue weighted by molar-refractivity contribution is 6.05. The van der Waals surface area contributed by atoms with Gasteiger partial charge in [-0.2, -0.15) is 5.10 Å². The van der Waals surface area contributed by atoms with Gasteiger partial charge in [0.05, 0.1) is 35.9 Å². The van der Waals surface area contributed by atoms with Gasteiger partial charge in [-0.1, -0.05) is 18.2 Å². The number of carbonyl (C=O) groups excluding carboxylic acids is 1. The fourth-order valence-electron chi connectivity index (χ4n) is 3.88. The number of nitrogens with zero attached hydrogens (tertiary/aromatic N) is 2. The molecule has 0 aliphatic carbocycles. The predicted molar refractivity (Wildman–Crippen MR) is 123 cm³/mol. The maximum atomic E-state index is 12.9. The summed E-state index contributed by atoms with van der Waals surface area (Å²) < 4.78 is 11.2. The van der Waals surface area contributed by atoms with Gasteiger partial charge in [0.1, 0.15) is 11.5 Å². The molecule has 2 aromatic heterocycles. The van der Waals surface area contributed by atoms with Crippen LogP contribution in [0.1, 0.15) is 32.7 Å². The lowest BCUT2D eigenvalue weighted by Crippen LogP contribution is -2.23. The van der Waals surface area contributed by atoms with Gasteiger partial charge in [0.2, 0.25) is 0 Å². The van der Waals surface area contributed by atoms with Gasteiger partial charge in [-0.05, 0) is 53.1 Å². The monoisotopic (exact) mass is 426 g/mol. The molecule has 2 N–H and O–H groups in total. The van der Waals surface area contributed by atoms with E-state index in [-0.39, 0.29) is 5.91 Å². The van der Waals surface area contributed by atoms with E-state index in [0.717, 1.165) is 40.8 Å². The maximum Gasteiger partial charge on any atom is 0.255 e. The molecule has 0 radical (unpaired) electrons. The highest BCUT2D eigenvalue weighted by atomic mass is 16.5. The number of hydrogen-bond acceptors (Lipinski definition) is 5. The Hall–Kier alpha value is -4.13. The van der Waals surface area contributed by atoms with Crippen molar-refractivity contribution in [2.75, 3.05) is 13.7 Å². The smallest absolute Gasteiger partial charge is 0.255 e. The summed E-state index contributed by atoms with van der Waals surface area (Å²) in [6.07, 6.45) is 8.28. The van der Waals surface area contributed by atoms with Crippen molar-refractivity contribution in [2.24, 2.45) is 0 Å². The Kier molecular flexibility index (Phi) is 5.29. The molecule has 1 amide bonds. The summed E-state index contributed by atoms with van der Waals surface area (Å²) >= 11 is 0. The highest BCUT2D eigenvalue weighted by Crippen LogP contribution is 2.33. The van der Waals surface area contributed by atoms with Gasteiger partial charge in [-0.3, -0.25) is 14.9 Å². The number of aromatic amines is 1. The summed E-state index contributed by atoms with van der Waals surface area (Å²) in [5, 5.41) is 11.1. The third-order valence-corrected chi connectivity index (χ3v) is 5.48. The van der Waals surface area contributed by atoms with E-state index in [1.165, 1.54) is 5.56 Å². The topological polar surface area (TPSA) is 89.1 Å². The zero-order valence-corrected chi connectivity index (χ0v) is 17.6. The first kappa shape index (κ1) is 19.8. The molecule has 2 aromatic carbocycles. The van der Waals surface area contributed by atoms with Crippen LogP contribution in [-0.2, 0) is 13.0 Å². The third kappa shape index (κ3) is 3.80. The second kappa shape index (κ2) is 8.55.